The van der Waals surface area contributed by atoms with Crippen LogP contribution in [0.4, 0.5) is 0 Å². The standard InChI is InChI=1S/C24H27N3O4S/c1-4-10-27-23(29)18-7-5-6-8-19(18)25-24(27)32-15-22(28)26-11-9-16-12-20(30-2)21(31-3)13-17(16)14-26/h5-8,12-13H,4,9-11,14-15H2,1-3H3. The predicted octanol–water partition coefficient (Wildman–Crippen LogP) is 3.50. The molecule has 32 heavy (non-hydrogen) atoms. The lowest BCUT2D eigenvalue weighted by atomic mass is 9.99. The highest BCUT2D eigenvalue weighted by Crippen LogP contribution is 2.33. The monoisotopic (exact) mass is 453 g/mol. The Bertz CT molecular complexity index is 1210. The van der Waals surface area contributed by atoms with Gasteiger partial charge in [0.05, 0.1) is 30.9 Å². The number of benzene rings is 2. The lowest BCUT2D eigenvalue weighted by molar-refractivity contribution is -0.129. The summed E-state index contributed by atoms with van der Waals surface area (Å²) in [6, 6.07) is 11.3. The first-order chi connectivity index (χ1) is 15.5. The SMILES string of the molecule is CCCn1c(SCC(=O)N2CCc3cc(OC)c(OC)cc3C2)nc2ccccc2c1=O. The molecule has 1 amide bonds. The molecular weight excluding hydrogens is 426 g/mol. The van der Waals surface area contributed by atoms with Crippen molar-refractivity contribution in [3.8, 4) is 11.5 Å². The van der Waals surface area contributed by atoms with E-state index in [4.69, 9.17) is 9.47 Å². The van der Waals surface area contributed by atoms with Crippen LogP contribution in [-0.2, 0) is 24.3 Å². The summed E-state index contributed by atoms with van der Waals surface area (Å²) in [5.74, 6) is 1.63. The molecule has 3 aromatic rings. The molecule has 1 aliphatic heterocycles. The van der Waals surface area contributed by atoms with Crippen molar-refractivity contribution in [2.24, 2.45) is 0 Å². The largest absolute Gasteiger partial charge is 0.493 e. The van der Waals surface area contributed by atoms with Gasteiger partial charge in [-0.3, -0.25) is 14.2 Å². The van der Waals surface area contributed by atoms with Crippen molar-refractivity contribution in [3.05, 3.63) is 57.9 Å². The van der Waals surface area contributed by atoms with E-state index in [9.17, 15) is 9.59 Å². The summed E-state index contributed by atoms with van der Waals surface area (Å²) in [5, 5.41) is 1.20. The van der Waals surface area contributed by atoms with E-state index < -0.39 is 0 Å². The third-order valence-corrected chi connectivity index (χ3v) is 6.63. The minimum atomic E-state index is -0.0552. The fourth-order valence-electron chi connectivity index (χ4n) is 3.99. The maximum atomic E-state index is 13.0. The number of rotatable bonds is 7. The summed E-state index contributed by atoms with van der Waals surface area (Å²) >= 11 is 1.33. The highest BCUT2D eigenvalue weighted by Gasteiger charge is 2.23. The van der Waals surface area contributed by atoms with Crippen LogP contribution in [0.25, 0.3) is 10.9 Å². The number of thioether (sulfide) groups is 1. The molecule has 0 aliphatic carbocycles. The second-order valence-corrected chi connectivity index (χ2v) is 8.64. The van der Waals surface area contributed by atoms with Gasteiger partial charge < -0.3 is 14.4 Å². The van der Waals surface area contributed by atoms with E-state index in [1.54, 1.807) is 24.9 Å². The van der Waals surface area contributed by atoms with Crippen LogP contribution in [0.5, 0.6) is 11.5 Å². The van der Waals surface area contributed by atoms with Crippen molar-refractivity contribution >= 4 is 28.6 Å². The lowest BCUT2D eigenvalue weighted by Gasteiger charge is -2.29. The van der Waals surface area contributed by atoms with Gasteiger partial charge in [0.2, 0.25) is 5.91 Å². The second-order valence-electron chi connectivity index (χ2n) is 7.70. The summed E-state index contributed by atoms with van der Waals surface area (Å²) in [4.78, 5) is 32.5. The molecule has 0 saturated heterocycles. The van der Waals surface area contributed by atoms with Crippen molar-refractivity contribution in [3.63, 3.8) is 0 Å². The Kier molecular flexibility index (Phi) is 6.69. The maximum absolute atomic E-state index is 13.0. The molecule has 168 valence electrons. The zero-order chi connectivity index (χ0) is 22.7. The van der Waals surface area contributed by atoms with E-state index in [-0.39, 0.29) is 17.2 Å². The van der Waals surface area contributed by atoms with E-state index in [0.717, 1.165) is 18.4 Å². The van der Waals surface area contributed by atoms with Gasteiger partial charge in [-0.25, -0.2) is 4.98 Å². The highest BCUT2D eigenvalue weighted by molar-refractivity contribution is 7.99. The average molecular weight is 454 g/mol. The van der Waals surface area contributed by atoms with Gasteiger partial charge >= 0.3 is 0 Å². The van der Waals surface area contributed by atoms with Crippen molar-refractivity contribution in [2.45, 2.75) is 38.0 Å². The van der Waals surface area contributed by atoms with Crippen molar-refractivity contribution in [2.75, 3.05) is 26.5 Å². The quantitative estimate of drug-likeness (QED) is 0.403. The summed E-state index contributed by atoms with van der Waals surface area (Å²) in [6.45, 7) is 3.78. The second kappa shape index (κ2) is 9.65. The van der Waals surface area contributed by atoms with Gasteiger partial charge in [0.1, 0.15) is 0 Å². The minimum absolute atomic E-state index is 0.0286. The van der Waals surface area contributed by atoms with Gasteiger partial charge in [-0.15, -0.1) is 0 Å². The van der Waals surface area contributed by atoms with Gasteiger partial charge in [-0.2, -0.15) is 0 Å². The molecule has 0 unspecified atom stereocenters. The zero-order valence-corrected chi connectivity index (χ0v) is 19.4. The molecule has 2 heterocycles. The molecule has 8 heteroatoms. The number of hydrogen-bond donors (Lipinski definition) is 0. The van der Waals surface area contributed by atoms with Crippen LogP contribution in [0.1, 0.15) is 24.5 Å². The van der Waals surface area contributed by atoms with Crippen LogP contribution in [0, 0.1) is 0 Å². The summed E-state index contributed by atoms with van der Waals surface area (Å²) in [5.41, 5.74) is 2.85. The number of aromatic nitrogens is 2. The zero-order valence-electron chi connectivity index (χ0n) is 18.6. The minimum Gasteiger partial charge on any atom is -0.493 e. The van der Waals surface area contributed by atoms with E-state index in [1.165, 1.54) is 17.3 Å². The maximum Gasteiger partial charge on any atom is 0.262 e. The van der Waals surface area contributed by atoms with E-state index >= 15 is 0 Å². The normalized spacial score (nSPS) is 13.2. The molecule has 0 saturated carbocycles. The summed E-state index contributed by atoms with van der Waals surface area (Å²) < 4.78 is 12.5. The van der Waals surface area contributed by atoms with Gasteiger partial charge in [-0.05, 0) is 48.2 Å². The molecule has 0 radical (unpaired) electrons. The third-order valence-electron chi connectivity index (χ3n) is 5.67. The Labute approximate surface area is 191 Å². The first-order valence-corrected chi connectivity index (χ1v) is 11.7. The van der Waals surface area contributed by atoms with Crippen LogP contribution in [-0.4, -0.2) is 46.9 Å². The molecular formula is C24H27N3O4S. The molecule has 4 rings (SSSR count). The first kappa shape index (κ1) is 22.2. The number of fused-ring (bicyclic) bond motifs is 2. The Morgan fingerprint density at radius 3 is 2.56 bits per heavy atom. The van der Waals surface area contributed by atoms with Crippen LogP contribution < -0.4 is 15.0 Å². The fourth-order valence-corrected chi connectivity index (χ4v) is 4.92. The van der Waals surface area contributed by atoms with E-state index in [1.807, 2.05) is 42.2 Å². The van der Waals surface area contributed by atoms with Crippen LogP contribution in [0.3, 0.4) is 0 Å². The number of amides is 1. The average Bonchev–Trinajstić information content (AvgIpc) is 2.83. The molecule has 0 bridgehead atoms. The highest BCUT2D eigenvalue weighted by atomic mass is 32.2. The summed E-state index contributed by atoms with van der Waals surface area (Å²) in [7, 11) is 3.23. The third kappa shape index (κ3) is 4.32. The molecule has 0 N–H and O–H groups in total. The molecule has 1 aliphatic rings. The number of carbonyl (C=O) groups is 1. The van der Waals surface area contributed by atoms with Crippen LogP contribution >= 0.6 is 11.8 Å². The Morgan fingerprint density at radius 1 is 1.12 bits per heavy atom. The Morgan fingerprint density at radius 2 is 1.84 bits per heavy atom. The molecule has 7 nitrogen and oxygen atoms in total. The number of hydrogen-bond acceptors (Lipinski definition) is 6. The predicted molar refractivity (Wildman–Crippen MR) is 126 cm³/mol. The number of ether oxygens (including phenoxy) is 2. The summed E-state index contributed by atoms with van der Waals surface area (Å²) in [6.07, 6.45) is 1.58. The Hall–Kier alpha value is -3.00. The first-order valence-electron chi connectivity index (χ1n) is 10.7. The van der Waals surface area contributed by atoms with Crippen molar-refractivity contribution in [1.82, 2.24) is 14.5 Å². The van der Waals surface area contributed by atoms with Gasteiger partial charge in [0.15, 0.2) is 16.7 Å². The van der Waals surface area contributed by atoms with Gasteiger partial charge in [0, 0.05) is 19.6 Å². The molecule has 0 atom stereocenters. The topological polar surface area (TPSA) is 73.7 Å². The number of methoxy groups -OCH3 is 2. The number of para-hydroxylation sites is 1. The smallest absolute Gasteiger partial charge is 0.262 e. The number of nitrogens with zero attached hydrogens (tertiary/aromatic N) is 3. The molecule has 0 fully saturated rings. The lowest BCUT2D eigenvalue weighted by Crippen LogP contribution is -2.37. The Balaban J connectivity index is 1.52. The molecule has 0 spiro atoms. The van der Waals surface area contributed by atoms with E-state index in [0.29, 0.717) is 47.2 Å². The van der Waals surface area contributed by atoms with Crippen LogP contribution in [0.15, 0.2) is 46.3 Å². The molecule has 1 aromatic heterocycles. The van der Waals surface area contributed by atoms with E-state index in [2.05, 4.69) is 4.98 Å². The number of carbonyl (C=O) groups excluding carboxylic acids is 1. The van der Waals surface area contributed by atoms with Crippen molar-refractivity contribution in [1.29, 1.82) is 0 Å². The van der Waals surface area contributed by atoms with Gasteiger partial charge in [-0.1, -0.05) is 30.8 Å². The van der Waals surface area contributed by atoms with Gasteiger partial charge in [0.25, 0.3) is 5.56 Å². The van der Waals surface area contributed by atoms with Crippen LogP contribution in [0.2, 0.25) is 0 Å². The molecule has 2 aromatic carbocycles. The fraction of sp³-hybridized carbons (Fsp3) is 0.375. The van der Waals surface area contributed by atoms with Crippen molar-refractivity contribution < 1.29 is 14.3 Å².